The number of rotatable bonds is 4. The van der Waals surface area contributed by atoms with Gasteiger partial charge in [-0.25, -0.2) is 13.8 Å². The Balaban J connectivity index is 1.58. The van der Waals surface area contributed by atoms with Crippen molar-refractivity contribution >= 4 is 5.91 Å². The number of nitrogens with zero attached hydrogens (tertiary/aromatic N) is 3. The first-order valence-electron chi connectivity index (χ1n) is 7.46. The zero-order chi connectivity index (χ0) is 16.2. The van der Waals surface area contributed by atoms with E-state index in [2.05, 4.69) is 4.98 Å². The molecule has 1 unspecified atom stereocenters. The fourth-order valence-electron chi connectivity index (χ4n) is 2.73. The quantitative estimate of drug-likeness (QED) is 0.869. The number of halogens is 2. The fraction of sp³-hybridized carbons (Fsp3) is 0.375. The van der Waals surface area contributed by atoms with Gasteiger partial charge >= 0.3 is 0 Å². The molecule has 1 aromatic carbocycles. The molecule has 5 nitrogen and oxygen atoms in total. The van der Waals surface area contributed by atoms with Crippen LogP contribution in [0, 0.1) is 11.6 Å². The minimum atomic E-state index is -0.686. The molecule has 1 atom stereocenters. The Labute approximate surface area is 132 Å². The molecule has 1 saturated heterocycles. The number of hydrogen-bond donors (Lipinski definition) is 0. The van der Waals surface area contributed by atoms with Gasteiger partial charge in [0, 0.05) is 31.5 Å². The van der Waals surface area contributed by atoms with Gasteiger partial charge in [-0.1, -0.05) is 0 Å². The Morgan fingerprint density at radius 1 is 1.39 bits per heavy atom. The molecule has 2 aromatic rings. The van der Waals surface area contributed by atoms with Crippen LogP contribution >= 0.6 is 0 Å². The van der Waals surface area contributed by atoms with Gasteiger partial charge in [-0.2, -0.15) is 0 Å². The summed E-state index contributed by atoms with van der Waals surface area (Å²) in [6, 6.07) is 3.10. The Kier molecular flexibility index (Phi) is 4.55. The lowest BCUT2D eigenvalue weighted by molar-refractivity contribution is -0.135. The molecule has 0 radical (unpaired) electrons. The molecule has 1 aliphatic heterocycles. The molecule has 0 saturated carbocycles. The molecule has 1 fully saturated rings. The molecule has 7 heteroatoms. The lowest BCUT2D eigenvalue weighted by Crippen LogP contribution is -2.42. The van der Waals surface area contributed by atoms with Gasteiger partial charge in [-0.3, -0.25) is 4.79 Å². The summed E-state index contributed by atoms with van der Waals surface area (Å²) in [7, 11) is 0. The summed E-state index contributed by atoms with van der Waals surface area (Å²) in [5.41, 5.74) is 0. The first-order valence-corrected chi connectivity index (χ1v) is 7.46. The predicted molar refractivity (Wildman–Crippen MR) is 78.9 cm³/mol. The smallest absolute Gasteiger partial charge is 0.260 e. The summed E-state index contributed by atoms with van der Waals surface area (Å²) in [6.45, 7) is 0.889. The van der Waals surface area contributed by atoms with Crippen LogP contribution in [-0.2, 0) is 4.79 Å². The second-order valence-corrected chi connectivity index (χ2v) is 5.51. The van der Waals surface area contributed by atoms with Gasteiger partial charge in [0.2, 0.25) is 0 Å². The molecule has 3 rings (SSSR count). The number of piperidine rings is 1. The first kappa shape index (κ1) is 15.5. The molecule has 1 aliphatic rings. The highest BCUT2D eigenvalue weighted by molar-refractivity contribution is 5.77. The van der Waals surface area contributed by atoms with Crippen molar-refractivity contribution < 1.29 is 18.3 Å². The van der Waals surface area contributed by atoms with E-state index in [1.807, 2.05) is 10.8 Å². The summed E-state index contributed by atoms with van der Waals surface area (Å²) in [5.74, 6) is -1.78. The van der Waals surface area contributed by atoms with E-state index in [1.54, 1.807) is 17.4 Å². The van der Waals surface area contributed by atoms with Gasteiger partial charge in [0.25, 0.3) is 5.91 Å². The Bertz CT molecular complexity index is 676. The molecule has 122 valence electrons. The van der Waals surface area contributed by atoms with Crippen molar-refractivity contribution in [1.82, 2.24) is 14.5 Å². The van der Waals surface area contributed by atoms with Crippen LogP contribution < -0.4 is 4.74 Å². The van der Waals surface area contributed by atoms with E-state index in [1.165, 1.54) is 0 Å². The minimum Gasteiger partial charge on any atom is -0.481 e. The van der Waals surface area contributed by atoms with E-state index in [-0.39, 0.29) is 24.3 Å². The van der Waals surface area contributed by atoms with Crippen molar-refractivity contribution in [2.45, 2.75) is 18.9 Å². The van der Waals surface area contributed by atoms with E-state index in [0.29, 0.717) is 13.1 Å². The number of aromatic nitrogens is 2. The highest BCUT2D eigenvalue weighted by Crippen LogP contribution is 2.22. The van der Waals surface area contributed by atoms with Crippen molar-refractivity contribution in [2.24, 2.45) is 0 Å². The fourth-order valence-corrected chi connectivity index (χ4v) is 2.73. The van der Waals surface area contributed by atoms with Crippen LogP contribution in [0.25, 0.3) is 0 Å². The molecule has 1 aromatic heterocycles. The molecule has 0 aliphatic carbocycles. The van der Waals surface area contributed by atoms with Gasteiger partial charge in [-0.05, 0) is 25.0 Å². The van der Waals surface area contributed by atoms with Gasteiger partial charge in [0.05, 0.1) is 12.4 Å². The maximum atomic E-state index is 13.5. The maximum Gasteiger partial charge on any atom is 0.260 e. The molecule has 0 bridgehead atoms. The van der Waals surface area contributed by atoms with Crippen LogP contribution in [0.5, 0.6) is 5.75 Å². The maximum absolute atomic E-state index is 13.5. The van der Waals surface area contributed by atoms with Crippen molar-refractivity contribution in [3.8, 4) is 5.75 Å². The average molecular weight is 321 g/mol. The third-order valence-electron chi connectivity index (χ3n) is 3.94. The number of ether oxygens (including phenoxy) is 1. The molecule has 2 heterocycles. The van der Waals surface area contributed by atoms with Crippen LogP contribution in [0.3, 0.4) is 0 Å². The molecular weight excluding hydrogens is 304 g/mol. The van der Waals surface area contributed by atoms with Crippen LogP contribution in [0.15, 0.2) is 36.9 Å². The number of carbonyl (C=O) groups is 1. The standard InChI is InChI=1S/C16H17F2N3O2/c17-12-3-4-14(18)15(8-12)23-10-16(22)20-6-1-2-13(9-20)21-7-5-19-11-21/h3-5,7-8,11,13H,1-2,6,9-10H2. The molecular formula is C16H17F2N3O2. The number of imidazole rings is 1. The van der Waals surface area contributed by atoms with E-state index < -0.39 is 11.6 Å². The Morgan fingerprint density at radius 2 is 2.26 bits per heavy atom. The second kappa shape index (κ2) is 6.76. The number of hydrogen-bond acceptors (Lipinski definition) is 3. The second-order valence-electron chi connectivity index (χ2n) is 5.51. The lowest BCUT2D eigenvalue weighted by Gasteiger charge is -2.33. The summed E-state index contributed by atoms with van der Waals surface area (Å²) in [6.07, 6.45) is 7.16. The van der Waals surface area contributed by atoms with Gasteiger partial charge in [0.15, 0.2) is 18.2 Å². The van der Waals surface area contributed by atoms with Crippen molar-refractivity contribution in [1.29, 1.82) is 0 Å². The van der Waals surface area contributed by atoms with Crippen molar-refractivity contribution in [3.05, 3.63) is 48.6 Å². The molecule has 1 amide bonds. The highest BCUT2D eigenvalue weighted by Gasteiger charge is 2.24. The third-order valence-corrected chi connectivity index (χ3v) is 3.94. The van der Waals surface area contributed by atoms with E-state index in [0.717, 1.165) is 31.0 Å². The van der Waals surface area contributed by atoms with Crippen molar-refractivity contribution in [2.75, 3.05) is 19.7 Å². The normalized spacial score (nSPS) is 18.0. The first-order chi connectivity index (χ1) is 11.1. The van der Waals surface area contributed by atoms with Gasteiger partial charge in [-0.15, -0.1) is 0 Å². The third kappa shape index (κ3) is 3.67. The van der Waals surface area contributed by atoms with E-state index in [9.17, 15) is 13.6 Å². The monoisotopic (exact) mass is 321 g/mol. The summed E-state index contributed by atoms with van der Waals surface area (Å²) in [5, 5.41) is 0. The van der Waals surface area contributed by atoms with Crippen LogP contribution in [0.2, 0.25) is 0 Å². The zero-order valence-electron chi connectivity index (χ0n) is 12.5. The molecule has 0 N–H and O–H groups in total. The minimum absolute atomic E-state index is 0.182. The van der Waals surface area contributed by atoms with Crippen LogP contribution in [0.1, 0.15) is 18.9 Å². The van der Waals surface area contributed by atoms with E-state index >= 15 is 0 Å². The highest BCUT2D eigenvalue weighted by atomic mass is 19.1. The lowest BCUT2D eigenvalue weighted by atomic mass is 10.1. The van der Waals surface area contributed by atoms with Gasteiger partial charge < -0.3 is 14.2 Å². The zero-order valence-corrected chi connectivity index (χ0v) is 12.5. The average Bonchev–Trinajstić information content (AvgIpc) is 3.10. The Morgan fingerprint density at radius 3 is 3.04 bits per heavy atom. The molecule has 0 spiro atoms. The largest absolute Gasteiger partial charge is 0.481 e. The van der Waals surface area contributed by atoms with Crippen LogP contribution in [0.4, 0.5) is 8.78 Å². The summed E-state index contributed by atoms with van der Waals surface area (Å²) >= 11 is 0. The van der Waals surface area contributed by atoms with Gasteiger partial charge in [0.1, 0.15) is 5.82 Å². The number of amides is 1. The number of carbonyl (C=O) groups excluding carboxylic acids is 1. The van der Waals surface area contributed by atoms with E-state index in [4.69, 9.17) is 4.74 Å². The molecule has 23 heavy (non-hydrogen) atoms. The topological polar surface area (TPSA) is 47.4 Å². The number of benzene rings is 1. The summed E-state index contributed by atoms with van der Waals surface area (Å²) < 4.78 is 33.7. The van der Waals surface area contributed by atoms with Crippen molar-refractivity contribution in [3.63, 3.8) is 0 Å². The summed E-state index contributed by atoms with van der Waals surface area (Å²) in [4.78, 5) is 17.9. The van der Waals surface area contributed by atoms with Crippen LogP contribution in [-0.4, -0.2) is 40.1 Å². The Hall–Kier alpha value is -2.44. The predicted octanol–water partition coefficient (Wildman–Crippen LogP) is 2.40. The SMILES string of the molecule is O=C(COc1cc(F)ccc1F)N1CCCC(n2ccnc2)C1. The number of likely N-dealkylation sites (tertiary alicyclic amines) is 1.